The molecule has 18 heavy (non-hydrogen) atoms. The molecule has 0 radical (unpaired) electrons. The van der Waals surface area contributed by atoms with Crippen molar-refractivity contribution in [2.24, 2.45) is 0 Å². The molecule has 9 nitrogen and oxygen atoms in total. The monoisotopic (exact) mass is 254 g/mol. The molecule has 1 aromatic rings. The number of hydrogen-bond donors (Lipinski definition) is 3. The van der Waals surface area contributed by atoms with Crippen molar-refractivity contribution in [1.29, 1.82) is 0 Å². The molecule has 0 atom stereocenters. The largest absolute Gasteiger partial charge is 0.476 e. The third kappa shape index (κ3) is 2.29. The topological polar surface area (TPSA) is 155 Å². The lowest BCUT2D eigenvalue weighted by molar-refractivity contribution is 0.0633. The van der Waals surface area contributed by atoms with E-state index >= 15 is 0 Å². The van der Waals surface area contributed by atoms with Gasteiger partial charge in [0.1, 0.15) is 5.69 Å². The number of carboxylic acids is 3. The number of aromatic nitrogens is 2. The second-order valence-electron chi connectivity index (χ2n) is 3.09. The molecule has 1 aromatic heterocycles. The Labute approximate surface area is 98.7 Å². The van der Waals surface area contributed by atoms with Crippen LogP contribution in [0.1, 0.15) is 48.9 Å². The van der Waals surface area contributed by atoms with Gasteiger partial charge in [0.15, 0.2) is 22.9 Å². The Balaban J connectivity index is 3.71. The molecule has 0 bridgehead atoms. The summed E-state index contributed by atoms with van der Waals surface area (Å²) in [5, 5.41) is 26.2. The standard InChI is InChI=1S/C9H6N2O7/c1-2(12)3-4(7(13)14)11-6(9(17)18)5(10-3)8(15)16/h1H3,(H,13,14)(H,15,16)(H,17,18). The molecular formula is C9H6N2O7. The van der Waals surface area contributed by atoms with Crippen molar-refractivity contribution >= 4 is 23.7 Å². The Morgan fingerprint density at radius 3 is 1.28 bits per heavy atom. The van der Waals surface area contributed by atoms with Crippen molar-refractivity contribution in [3.8, 4) is 0 Å². The second kappa shape index (κ2) is 4.57. The summed E-state index contributed by atoms with van der Waals surface area (Å²) in [5.41, 5.74) is -3.63. The lowest BCUT2D eigenvalue weighted by Crippen LogP contribution is -2.21. The van der Waals surface area contributed by atoms with Crippen molar-refractivity contribution in [2.45, 2.75) is 6.92 Å². The zero-order valence-corrected chi connectivity index (χ0v) is 8.87. The molecule has 0 unspecified atom stereocenters. The first-order valence-corrected chi connectivity index (χ1v) is 4.38. The molecule has 1 heterocycles. The van der Waals surface area contributed by atoms with E-state index in [4.69, 9.17) is 15.3 Å². The van der Waals surface area contributed by atoms with Crippen molar-refractivity contribution in [2.75, 3.05) is 0 Å². The van der Waals surface area contributed by atoms with E-state index in [0.29, 0.717) is 0 Å². The van der Waals surface area contributed by atoms with E-state index in [-0.39, 0.29) is 0 Å². The van der Waals surface area contributed by atoms with E-state index in [0.717, 1.165) is 6.92 Å². The predicted octanol–water partition coefficient (Wildman–Crippen LogP) is -0.226. The van der Waals surface area contributed by atoms with Gasteiger partial charge < -0.3 is 15.3 Å². The van der Waals surface area contributed by atoms with Crippen LogP contribution in [0.15, 0.2) is 0 Å². The first kappa shape index (κ1) is 13.2. The number of hydrogen-bond acceptors (Lipinski definition) is 6. The fourth-order valence-corrected chi connectivity index (χ4v) is 1.13. The van der Waals surface area contributed by atoms with E-state index in [1.807, 2.05) is 0 Å². The second-order valence-corrected chi connectivity index (χ2v) is 3.09. The van der Waals surface area contributed by atoms with Gasteiger partial charge in [-0.3, -0.25) is 4.79 Å². The van der Waals surface area contributed by atoms with Crippen LogP contribution < -0.4 is 0 Å². The lowest BCUT2D eigenvalue weighted by atomic mass is 10.2. The van der Waals surface area contributed by atoms with Crippen LogP contribution in [-0.2, 0) is 0 Å². The summed E-state index contributed by atoms with van der Waals surface area (Å²) in [6.45, 7) is 0.961. The third-order valence-corrected chi connectivity index (χ3v) is 1.84. The van der Waals surface area contributed by atoms with Crippen LogP contribution in [0.4, 0.5) is 0 Å². The number of aromatic carboxylic acids is 3. The van der Waals surface area contributed by atoms with Gasteiger partial charge in [-0.2, -0.15) is 0 Å². The third-order valence-electron chi connectivity index (χ3n) is 1.84. The summed E-state index contributed by atoms with van der Waals surface area (Å²) in [4.78, 5) is 49.8. The quantitative estimate of drug-likeness (QED) is 0.617. The smallest absolute Gasteiger partial charge is 0.357 e. The van der Waals surface area contributed by atoms with Crippen LogP contribution in [0.3, 0.4) is 0 Å². The number of Topliss-reactive ketones (excluding diaryl/α,β-unsaturated/α-hetero) is 1. The number of nitrogens with zero attached hydrogens (tertiary/aromatic N) is 2. The first-order valence-electron chi connectivity index (χ1n) is 4.38. The van der Waals surface area contributed by atoms with Crippen LogP contribution in [0.2, 0.25) is 0 Å². The zero-order valence-electron chi connectivity index (χ0n) is 8.87. The Hall–Kier alpha value is -2.84. The van der Waals surface area contributed by atoms with E-state index < -0.39 is 46.5 Å². The van der Waals surface area contributed by atoms with Crippen LogP contribution in [0.25, 0.3) is 0 Å². The Morgan fingerprint density at radius 1 is 0.722 bits per heavy atom. The Morgan fingerprint density at radius 2 is 1.00 bits per heavy atom. The average molecular weight is 254 g/mol. The molecule has 1 rings (SSSR count). The number of rotatable bonds is 4. The highest BCUT2D eigenvalue weighted by Crippen LogP contribution is 2.11. The maximum absolute atomic E-state index is 11.1. The molecule has 0 aliphatic carbocycles. The SMILES string of the molecule is CC(=O)c1nc(C(=O)O)c(C(=O)O)nc1C(=O)O. The van der Waals surface area contributed by atoms with E-state index in [2.05, 4.69) is 9.97 Å². The highest BCUT2D eigenvalue weighted by Gasteiger charge is 2.27. The first-order chi connectivity index (χ1) is 8.25. The highest BCUT2D eigenvalue weighted by molar-refractivity contribution is 6.05. The molecule has 0 fully saturated rings. The highest BCUT2D eigenvalue weighted by atomic mass is 16.4. The van der Waals surface area contributed by atoms with Gasteiger partial charge >= 0.3 is 17.9 Å². The van der Waals surface area contributed by atoms with E-state index in [1.165, 1.54) is 0 Å². The Bertz CT molecular complexity index is 480. The minimum atomic E-state index is -1.75. The van der Waals surface area contributed by atoms with Gasteiger partial charge in [-0.05, 0) is 0 Å². The number of ketones is 1. The van der Waals surface area contributed by atoms with E-state index in [9.17, 15) is 19.2 Å². The van der Waals surface area contributed by atoms with Crippen molar-refractivity contribution < 1.29 is 34.5 Å². The fourth-order valence-electron chi connectivity index (χ4n) is 1.13. The molecular weight excluding hydrogens is 248 g/mol. The molecule has 0 saturated heterocycles. The van der Waals surface area contributed by atoms with Gasteiger partial charge in [0.2, 0.25) is 0 Å². The summed E-state index contributed by atoms with van der Waals surface area (Å²) in [6.07, 6.45) is 0. The molecule has 9 heteroatoms. The normalized spacial score (nSPS) is 9.83. The maximum Gasteiger partial charge on any atom is 0.357 e. The number of carbonyl (C=O) groups excluding carboxylic acids is 1. The average Bonchev–Trinajstić information content (AvgIpc) is 2.26. The summed E-state index contributed by atoms with van der Waals surface area (Å²) in [5.74, 6) is -5.98. The molecule has 94 valence electrons. The van der Waals surface area contributed by atoms with Crippen LogP contribution in [0.5, 0.6) is 0 Å². The summed E-state index contributed by atoms with van der Waals surface area (Å²) in [7, 11) is 0. The predicted molar refractivity (Wildman–Crippen MR) is 52.9 cm³/mol. The van der Waals surface area contributed by atoms with Gasteiger partial charge in [-0.15, -0.1) is 0 Å². The molecule has 0 saturated carbocycles. The molecule has 0 aliphatic heterocycles. The van der Waals surface area contributed by atoms with Gasteiger partial charge in [-0.25, -0.2) is 24.4 Å². The number of carboxylic acid groups (broad SMARTS) is 3. The Kier molecular flexibility index (Phi) is 3.36. The van der Waals surface area contributed by atoms with Crippen molar-refractivity contribution in [1.82, 2.24) is 9.97 Å². The van der Waals surface area contributed by atoms with Gasteiger partial charge in [0.05, 0.1) is 0 Å². The van der Waals surface area contributed by atoms with Crippen molar-refractivity contribution in [3.63, 3.8) is 0 Å². The van der Waals surface area contributed by atoms with Crippen LogP contribution >= 0.6 is 0 Å². The minimum Gasteiger partial charge on any atom is -0.476 e. The zero-order chi connectivity index (χ0) is 14.0. The lowest BCUT2D eigenvalue weighted by Gasteiger charge is -2.05. The number of carbonyl (C=O) groups is 4. The molecule has 0 amide bonds. The van der Waals surface area contributed by atoms with Gasteiger partial charge in [0, 0.05) is 6.92 Å². The van der Waals surface area contributed by atoms with Crippen LogP contribution in [0, 0.1) is 0 Å². The summed E-state index contributed by atoms with van der Waals surface area (Å²) >= 11 is 0. The fraction of sp³-hybridized carbons (Fsp3) is 0.111. The molecule has 0 aliphatic rings. The van der Waals surface area contributed by atoms with Crippen molar-refractivity contribution in [3.05, 3.63) is 22.8 Å². The summed E-state index contributed by atoms with van der Waals surface area (Å²) in [6, 6.07) is 0. The van der Waals surface area contributed by atoms with Gasteiger partial charge in [-0.1, -0.05) is 0 Å². The summed E-state index contributed by atoms with van der Waals surface area (Å²) < 4.78 is 0. The maximum atomic E-state index is 11.1. The molecule has 3 N–H and O–H groups in total. The van der Waals surface area contributed by atoms with Gasteiger partial charge in [0.25, 0.3) is 0 Å². The minimum absolute atomic E-state index is 0.704. The van der Waals surface area contributed by atoms with E-state index in [1.54, 1.807) is 0 Å². The molecule has 0 aromatic carbocycles. The van der Waals surface area contributed by atoms with Crippen LogP contribution in [-0.4, -0.2) is 49.0 Å². The molecule has 0 spiro atoms.